The number of rotatable bonds is 1. The van der Waals surface area contributed by atoms with Crippen LogP contribution in [0.1, 0.15) is 99.8 Å². The Bertz CT molecular complexity index is 600. The molecule has 7 atom stereocenters. The molecule has 4 rings (SSSR count). The molecule has 0 bridgehead atoms. The van der Waals surface area contributed by atoms with E-state index in [1.54, 1.807) is 0 Å². The number of Topliss-reactive ketones (excluding diaryl/α,β-unsaturated/α-hetero) is 1. The average molecular weight is 422 g/mol. The van der Waals surface area contributed by atoms with E-state index in [0.29, 0.717) is 42.5 Å². The molecule has 1 N–H and O–H groups in total. The lowest BCUT2D eigenvalue weighted by Gasteiger charge is -2.56. The van der Waals surface area contributed by atoms with E-state index >= 15 is 0 Å². The van der Waals surface area contributed by atoms with Crippen molar-refractivity contribution in [3.8, 4) is 0 Å². The van der Waals surface area contributed by atoms with Crippen LogP contribution < -0.4 is 5.32 Å². The fourth-order valence-electron chi connectivity index (χ4n) is 6.78. The standard InChI is InChI=1S/C20H31NO3.C4H10.C2H6/c1-19-9-8-13(24-3)10-12(19)4-5-14-15-6-7-16(22)20(15,2)11-17(23)21-18(14)19;1-4(2)3;1-2/h12-15,18H,4-11H2,1-3H3,(H,21,23);4H,1-3H3;1-2H3/t12-,13?,14?,15-,18-,19?,20-;;/m0../s1. The Morgan fingerprint density at radius 3 is 2.27 bits per heavy atom. The third-order valence-electron chi connectivity index (χ3n) is 8.30. The molecule has 0 aromatic heterocycles. The van der Waals surface area contributed by atoms with E-state index in [4.69, 9.17) is 4.74 Å². The van der Waals surface area contributed by atoms with Crippen LogP contribution in [0.4, 0.5) is 0 Å². The van der Waals surface area contributed by atoms with E-state index in [2.05, 4.69) is 39.9 Å². The van der Waals surface area contributed by atoms with Crippen molar-refractivity contribution >= 4 is 11.7 Å². The van der Waals surface area contributed by atoms with Crippen LogP contribution >= 0.6 is 0 Å². The van der Waals surface area contributed by atoms with Crippen LogP contribution in [-0.4, -0.2) is 30.9 Å². The highest BCUT2D eigenvalue weighted by Crippen LogP contribution is 2.59. The summed E-state index contributed by atoms with van der Waals surface area (Å²) in [5, 5.41) is 3.40. The minimum absolute atomic E-state index is 0.0981. The van der Waals surface area contributed by atoms with Crippen molar-refractivity contribution in [3.63, 3.8) is 0 Å². The summed E-state index contributed by atoms with van der Waals surface area (Å²) in [7, 11) is 1.82. The number of carbonyl (C=O) groups excluding carboxylic acids is 2. The predicted molar refractivity (Wildman–Crippen MR) is 123 cm³/mol. The summed E-state index contributed by atoms with van der Waals surface area (Å²) in [6.07, 6.45) is 8.11. The molecule has 1 saturated heterocycles. The van der Waals surface area contributed by atoms with Crippen LogP contribution in [0.3, 0.4) is 0 Å². The molecule has 4 heteroatoms. The van der Waals surface area contributed by atoms with Gasteiger partial charge < -0.3 is 10.1 Å². The fourth-order valence-corrected chi connectivity index (χ4v) is 6.78. The Hall–Kier alpha value is -0.900. The van der Waals surface area contributed by atoms with Crippen LogP contribution in [0.2, 0.25) is 0 Å². The van der Waals surface area contributed by atoms with E-state index in [0.717, 1.165) is 38.0 Å². The minimum atomic E-state index is -0.420. The quantitative estimate of drug-likeness (QED) is 0.584. The molecular formula is C26H47NO3. The lowest BCUT2D eigenvalue weighted by molar-refractivity contribution is -0.132. The van der Waals surface area contributed by atoms with Crippen molar-refractivity contribution in [2.24, 2.45) is 34.5 Å². The maximum absolute atomic E-state index is 12.7. The number of hydrogen-bond donors (Lipinski definition) is 1. The smallest absolute Gasteiger partial charge is 0.221 e. The normalized spacial score (nSPS) is 42.4. The molecule has 1 heterocycles. The third kappa shape index (κ3) is 4.79. The molecule has 1 aliphatic heterocycles. The second-order valence-corrected chi connectivity index (χ2v) is 11.0. The summed E-state index contributed by atoms with van der Waals surface area (Å²) >= 11 is 0. The third-order valence-corrected chi connectivity index (χ3v) is 8.30. The van der Waals surface area contributed by atoms with Crippen LogP contribution in [0.15, 0.2) is 0 Å². The molecule has 3 aliphatic carbocycles. The van der Waals surface area contributed by atoms with Gasteiger partial charge in [-0.25, -0.2) is 0 Å². The SMILES string of the molecule is CC.CC(C)C.COC1CCC2(C)[C@@H](CCC3[C@@H]2NC(=O)C[C@]2(C)C(=O)CC[C@@H]32)C1. The first-order valence-corrected chi connectivity index (χ1v) is 12.5. The minimum Gasteiger partial charge on any atom is -0.381 e. The van der Waals surface area contributed by atoms with Gasteiger partial charge in [0.05, 0.1) is 6.10 Å². The summed E-state index contributed by atoms with van der Waals surface area (Å²) in [5.41, 5.74) is -0.263. The van der Waals surface area contributed by atoms with Crippen molar-refractivity contribution < 1.29 is 14.3 Å². The zero-order valence-electron chi connectivity index (χ0n) is 20.8. The van der Waals surface area contributed by atoms with Crippen molar-refractivity contribution in [1.29, 1.82) is 0 Å². The Balaban J connectivity index is 0.000000481. The summed E-state index contributed by atoms with van der Waals surface area (Å²) in [6, 6.07) is 0.235. The summed E-state index contributed by atoms with van der Waals surface area (Å²) in [4.78, 5) is 25.2. The molecule has 4 fully saturated rings. The second kappa shape index (κ2) is 10.1. The molecule has 4 aliphatic rings. The summed E-state index contributed by atoms with van der Waals surface area (Å²) < 4.78 is 5.63. The highest BCUT2D eigenvalue weighted by molar-refractivity contribution is 5.92. The van der Waals surface area contributed by atoms with Crippen LogP contribution in [0.5, 0.6) is 0 Å². The van der Waals surface area contributed by atoms with Crippen LogP contribution in [0, 0.1) is 34.5 Å². The molecule has 30 heavy (non-hydrogen) atoms. The zero-order chi connectivity index (χ0) is 22.7. The lowest BCUT2D eigenvalue weighted by Crippen LogP contribution is -2.59. The van der Waals surface area contributed by atoms with E-state index in [9.17, 15) is 9.59 Å². The molecular weight excluding hydrogens is 374 g/mol. The monoisotopic (exact) mass is 421 g/mol. The molecule has 3 saturated carbocycles. The van der Waals surface area contributed by atoms with Gasteiger partial charge in [-0.15, -0.1) is 0 Å². The van der Waals surface area contributed by atoms with E-state index < -0.39 is 5.41 Å². The Morgan fingerprint density at radius 2 is 1.67 bits per heavy atom. The molecule has 174 valence electrons. The van der Waals surface area contributed by atoms with Gasteiger partial charge in [-0.3, -0.25) is 9.59 Å². The Morgan fingerprint density at radius 1 is 1.03 bits per heavy atom. The first-order chi connectivity index (χ1) is 14.1. The molecule has 0 spiro atoms. The lowest BCUT2D eigenvalue weighted by atomic mass is 9.52. The largest absolute Gasteiger partial charge is 0.381 e. The topological polar surface area (TPSA) is 55.4 Å². The molecule has 1 amide bonds. The number of methoxy groups -OCH3 is 1. The van der Waals surface area contributed by atoms with Gasteiger partial charge in [-0.2, -0.15) is 0 Å². The molecule has 4 nitrogen and oxygen atoms in total. The summed E-state index contributed by atoms with van der Waals surface area (Å²) in [5.74, 6) is 2.72. The van der Waals surface area contributed by atoms with Gasteiger partial charge in [0.25, 0.3) is 0 Å². The molecule has 0 aromatic carbocycles. The Labute approximate surface area is 185 Å². The number of amides is 1. The summed E-state index contributed by atoms with van der Waals surface area (Å²) in [6.45, 7) is 14.9. The predicted octanol–water partition coefficient (Wildman–Crippen LogP) is 5.78. The van der Waals surface area contributed by atoms with Crippen molar-refractivity contribution in [2.75, 3.05) is 7.11 Å². The van der Waals surface area contributed by atoms with Crippen molar-refractivity contribution in [3.05, 3.63) is 0 Å². The number of hydrogen-bond acceptors (Lipinski definition) is 3. The first kappa shape index (κ1) is 25.4. The number of carbonyl (C=O) groups is 2. The second-order valence-electron chi connectivity index (χ2n) is 11.0. The van der Waals surface area contributed by atoms with E-state index in [1.807, 2.05) is 21.0 Å². The van der Waals surface area contributed by atoms with Gasteiger partial charge in [0.1, 0.15) is 5.78 Å². The van der Waals surface area contributed by atoms with Gasteiger partial charge in [-0.1, -0.05) is 48.5 Å². The van der Waals surface area contributed by atoms with Gasteiger partial charge in [0.2, 0.25) is 5.91 Å². The highest BCUT2D eigenvalue weighted by atomic mass is 16.5. The van der Waals surface area contributed by atoms with Gasteiger partial charge >= 0.3 is 0 Å². The maximum atomic E-state index is 12.7. The number of fused-ring (bicyclic) bond motifs is 5. The van der Waals surface area contributed by atoms with Crippen LogP contribution in [0.25, 0.3) is 0 Å². The van der Waals surface area contributed by atoms with Gasteiger partial charge in [0.15, 0.2) is 0 Å². The zero-order valence-corrected chi connectivity index (χ0v) is 20.8. The van der Waals surface area contributed by atoms with Crippen molar-refractivity contribution in [2.45, 2.75) is 112 Å². The molecule has 3 unspecified atom stereocenters. The maximum Gasteiger partial charge on any atom is 0.221 e. The van der Waals surface area contributed by atoms with E-state index in [-0.39, 0.29) is 17.4 Å². The Kier molecular flexibility index (Phi) is 8.58. The van der Waals surface area contributed by atoms with Crippen molar-refractivity contribution in [1.82, 2.24) is 5.32 Å². The van der Waals surface area contributed by atoms with E-state index in [1.165, 1.54) is 6.42 Å². The molecule has 0 aromatic rings. The molecule has 0 radical (unpaired) electrons. The fraction of sp³-hybridized carbons (Fsp3) is 0.923. The van der Waals surface area contributed by atoms with Gasteiger partial charge in [-0.05, 0) is 67.6 Å². The number of ether oxygens (including phenoxy) is 1. The van der Waals surface area contributed by atoms with Crippen LogP contribution in [-0.2, 0) is 14.3 Å². The number of ketones is 1. The average Bonchev–Trinajstić information content (AvgIpc) is 2.90. The van der Waals surface area contributed by atoms with Gasteiger partial charge in [0, 0.05) is 31.4 Å². The highest BCUT2D eigenvalue weighted by Gasteiger charge is 2.60. The first-order valence-electron chi connectivity index (χ1n) is 12.5. The number of nitrogens with one attached hydrogen (secondary N) is 1.